The summed E-state index contributed by atoms with van der Waals surface area (Å²) >= 11 is 1.36. The SMILES string of the molecule is CC(C)CN(C(O)(CCNC(=O)CCCC(C)NC(=O)C1CCCN1)Cc1ccccc1)S(=O)(=O)c1ccc2ncsc2c1. The Morgan fingerprint density at radius 2 is 1.95 bits per heavy atom. The van der Waals surface area contributed by atoms with Gasteiger partial charge in [-0.25, -0.2) is 13.4 Å². The molecule has 3 unspecified atom stereocenters. The summed E-state index contributed by atoms with van der Waals surface area (Å²) < 4.78 is 30.3. The number of aliphatic hydroxyl groups is 1. The third-order valence-electron chi connectivity index (χ3n) is 7.87. The van der Waals surface area contributed by atoms with Gasteiger partial charge in [-0.1, -0.05) is 44.2 Å². The van der Waals surface area contributed by atoms with E-state index in [0.29, 0.717) is 18.4 Å². The minimum Gasteiger partial charge on any atom is -0.374 e. The second-order valence-corrected chi connectivity index (χ2v) is 14.9. The number of carbonyl (C=O) groups excluding carboxylic acids is 2. The smallest absolute Gasteiger partial charge is 0.245 e. The molecule has 0 aliphatic carbocycles. The Morgan fingerprint density at radius 1 is 1.18 bits per heavy atom. The van der Waals surface area contributed by atoms with Crippen LogP contribution in [-0.4, -0.2) is 72.1 Å². The summed E-state index contributed by atoms with van der Waals surface area (Å²) in [7, 11) is -4.12. The van der Waals surface area contributed by atoms with Crippen LogP contribution in [-0.2, 0) is 26.0 Å². The molecule has 1 aliphatic rings. The maximum Gasteiger partial charge on any atom is 0.245 e. The van der Waals surface area contributed by atoms with Crippen molar-refractivity contribution in [2.45, 2.75) is 88.4 Å². The number of rotatable bonds is 16. The number of nitrogens with one attached hydrogen (secondary N) is 3. The lowest BCUT2D eigenvalue weighted by atomic mass is 9.98. The van der Waals surface area contributed by atoms with Crippen LogP contribution in [0, 0.1) is 5.92 Å². The van der Waals surface area contributed by atoms with Crippen LogP contribution in [0.25, 0.3) is 10.2 Å². The molecule has 44 heavy (non-hydrogen) atoms. The molecule has 10 nitrogen and oxygen atoms in total. The molecular formula is C32H45N5O5S2. The Kier molecular flexibility index (Phi) is 11.9. The number of nitrogens with zero attached hydrogens (tertiary/aromatic N) is 2. The van der Waals surface area contributed by atoms with E-state index in [1.165, 1.54) is 21.7 Å². The van der Waals surface area contributed by atoms with Crippen LogP contribution < -0.4 is 16.0 Å². The zero-order valence-corrected chi connectivity index (χ0v) is 27.4. The molecule has 1 fully saturated rings. The highest BCUT2D eigenvalue weighted by Gasteiger charge is 2.43. The van der Waals surface area contributed by atoms with Gasteiger partial charge in [0, 0.05) is 38.4 Å². The summed E-state index contributed by atoms with van der Waals surface area (Å²) in [5.74, 6) is -0.247. The Morgan fingerprint density at radius 3 is 2.66 bits per heavy atom. The first-order valence-corrected chi connectivity index (χ1v) is 17.7. The quantitative estimate of drug-likeness (QED) is 0.174. The van der Waals surface area contributed by atoms with Gasteiger partial charge in [0.25, 0.3) is 0 Å². The van der Waals surface area contributed by atoms with E-state index in [1.54, 1.807) is 17.6 Å². The number of amides is 2. The van der Waals surface area contributed by atoms with Gasteiger partial charge in [-0.2, -0.15) is 4.31 Å². The van der Waals surface area contributed by atoms with Crippen molar-refractivity contribution < 1.29 is 23.1 Å². The van der Waals surface area contributed by atoms with Gasteiger partial charge < -0.3 is 21.1 Å². The van der Waals surface area contributed by atoms with E-state index in [-0.39, 0.29) is 67.1 Å². The van der Waals surface area contributed by atoms with E-state index >= 15 is 0 Å². The summed E-state index contributed by atoms with van der Waals surface area (Å²) in [5.41, 5.74) is 1.38. The van der Waals surface area contributed by atoms with Crippen LogP contribution in [0.3, 0.4) is 0 Å². The van der Waals surface area contributed by atoms with Gasteiger partial charge in [-0.05, 0) is 68.8 Å². The Hall–Kier alpha value is -2.90. The summed E-state index contributed by atoms with van der Waals surface area (Å²) in [4.78, 5) is 29.4. The molecule has 0 spiro atoms. The Balaban J connectivity index is 1.43. The predicted molar refractivity (Wildman–Crippen MR) is 174 cm³/mol. The summed E-state index contributed by atoms with van der Waals surface area (Å²) in [6.45, 7) is 6.81. The molecule has 12 heteroatoms. The number of hydrogen-bond donors (Lipinski definition) is 4. The number of aromatic nitrogens is 1. The molecule has 3 atom stereocenters. The van der Waals surface area contributed by atoms with Gasteiger partial charge in [0.1, 0.15) is 5.72 Å². The lowest BCUT2D eigenvalue weighted by Crippen LogP contribution is -2.55. The van der Waals surface area contributed by atoms with Gasteiger partial charge in [0.15, 0.2) is 0 Å². The highest BCUT2D eigenvalue weighted by atomic mass is 32.2. The third-order valence-corrected chi connectivity index (χ3v) is 10.6. The summed E-state index contributed by atoms with van der Waals surface area (Å²) in [6.07, 6.45) is 3.42. The van der Waals surface area contributed by atoms with E-state index in [9.17, 15) is 23.1 Å². The molecule has 0 radical (unpaired) electrons. The van der Waals surface area contributed by atoms with Crippen molar-refractivity contribution in [1.82, 2.24) is 25.2 Å². The zero-order valence-electron chi connectivity index (χ0n) is 25.8. The third kappa shape index (κ3) is 9.07. The molecule has 4 rings (SSSR count). The van der Waals surface area contributed by atoms with Gasteiger partial charge in [0.2, 0.25) is 21.8 Å². The van der Waals surface area contributed by atoms with E-state index in [0.717, 1.165) is 29.6 Å². The van der Waals surface area contributed by atoms with E-state index in [1.807, 2.05) is 51.1 Å². The van der Waals surface area contributed by atoms with E-state index in [2.05, 4.69) is 20.9 Å². The molecule has 240 valence electrons. The Bertz CT molecular complexity index is 1490. The molecule has 0 saturated carbocycles. The van der Waals surface area contributed by atoms with Gasteiger partial charge in [-0.3, -0.25) is 9.59 Å². The minimum absolute atomic E-state index is 0.00321. The lowest BCUT2D eigenvalue weighted by molar-refractivity contribution is -0.123. The van der Waals surface area contributed by atoms with E-state index < -0.39 is 15.7 Å². The second kappa shape index (κ2) is 15.4. The van der Waals surface area contributed by atoms with Crippen LogP contribution in [0.2, 0.25) is 0 Å². The van der Waals surface area contributed by atoms with Crippen molar-refractivity contribution in [2.75, 3.05) is 19.6 Å². The molecule has 1 aromatic heterocycles. The van der Waals surface area contributed by atoms with E-state index in [4.69, 9.17) is 0 Å². The fourth-order valence-corrected chi connectivity index (χ4v) is 8.20. The minimum atomic E-state index is -4.12. The molecule has 4 N–H and O–H groups in total. The number of carbonyl (C=O) groups is 2. The second-order valence-electron chi connectivity index (χ2n) is 12.1. The largest absolute Gasteiger partial charge is 0.374 e. The monoisotopic (exact) mass is 643 g/mol. The highest BCUT2D eigenvalue weighted by molar-refractivity contribution is 7.89. The first-order valence-electron chi connectivity index (χ1n) is 15.4. The fourth-order valence-electron chi connectivity index (χ4n) is 5.55. The maximum absolute atomic E-state index is 14.2. The van der Waals surface area contributed by atoms with Gasteiger partial charge in [0.05, 0.1) is 26.7 Å². The molecule has 2 aromatic carbocycles. The lowest BCUT2D eigenvalue weighted by Gasteiger charge is -2.40. The molecule has 1 aliphatic heterocycles. The highest BCUT2D eigenvalue weighted by Crippen LogP contribution is 2.32. The predicted octanol–water partition coefficient (Wildman–Crippen LogP) is 3.81. The van der Waals surface area contributed by atoms with Crippen LogP contribution in [0.5, 0.6) is 0 Å². The molecule has 3 aromatic rings. The molecular weight excluding hydrogens is 599 g/mol. The van der Waals surface area contributed by atoms with Gasteiger partial charge >= 0.3 is 0 Å². The van der Waals surface area contributed by atoms with Crippen molar-refractivity contribution >= 4 is 43.4 Å². The average molecular weight is 644 g/mol. The first-order chi connectivity index (χ1) is 21.0. The van der Waals surface area contributed by atoms with Crippen molar-refractivity contribution in [1.29, 1.82) is 0 Å². The van der Waals surface area contributed by atoms with Crippen LogP contribution in [0.15, 0.2) is 58.9 Å². The van der Waals surface area contributed by atoms with Crippen molar-refractivity contribution in [3.63, 3.8) is 0 Å². The summed E-state index contributed by atoms with van der Waals surface area (Å²) in [5, 5.41) is 21.3. The number of benzene rings is 2. The summed E-state index contributed by atoms with van der Waals surface area (Å²) in [6, 6.07) is 13.9. The average Bonchev–Trinajstić information content (AvgIpc) is 3.69. The molecule has 1 saturated heterocycles. The van der Waals surface area contributed by atoms with Crippen LogP contribution in [0.4, 0.5) is 0 Å². The first kappa shape index (κ1) is 34.0. The van der Waals surface area contributed by atoms with Crippen molar-refractivity contribution in [3.05, 3.63) is 59.6 Å². The van der Waals surface area contributed by atoms with Crippen LogP contribution >= 0.6 is 11.3 Å². The number of hydrogen-bond acceptors (Lipinski definition) is 8. The number of sulfonamides is 1. The fraction of sp³-hybridized carbons (Fsp3) is 0.531. The standard InChI is InChI=1S/C32H45N5O5S2/c1-23(2)21-37(44(41,42)26-14-15-27-29(19-26)43-22-35-27)32(40,20-25-10-5-4-6-11-25)16-18-34-30(38)13-7-9-24(3)36-31(39)28-12-8-17-33-28/h4-6,10-11,14-15,19,22-24,28,33,40H,7-9,12-13,16-18,20-21H2,1-3H3,(H,34,38)(H,36,39). The van der Waals surface area contributed by atoms with Crippen molar-refractivity contribution in [3.8, 4) is 0 Å². The zero-order chi connectivity index (χ0) is 31.7. The van der Waals surface area contributed by atoms with Crippen LogP contribution in [0.1, 0.15) is 64.9 Å². The maximum atomic E-state index is 14.2. The normalized spacial score (nSPS) is 17.5. The van der Waals surface area contributed by atoms with Gasteiger partial charge in [-0.15, -0.1) is 11.3 Å². The molecule has 2 amide bonds. The Labute approximate surface area is 264 Å². The topological polar surface area (TPSA) is 141 Å². The number of thiazole rings is 1. The van der Waals surface area contributed by atoms with Crippen molar-refractivity contribution in [2.24, 2.45) is 5.92 Å². The number of fused-ring (bicyclic) bond motifs is 1. The molecule has 2 heterocycles. The molecule has 0 bridgehead atoms.